The highest BCUT2D eigenvalue weighted by Gasteiger charge is 2.20. The van der Waals surface area contributed by atoms with E-state index < -0.39 is 6.10 Å². The lowest BCUT2D eigenvalue weighted by atomic mass is 9.87. The van der Waals surface area contributed by atoms with Crippen molar-refractivity contribution >= 4 is 21.6 Å². The summed E-state index contributed by atoms with van der Waals surface area (Å²) in [6.07, 6.45) is 5.06. The molecule has 29 heavy (non-hydrogen) atoms. The fraction of sp³-hybridized carbons (Fsp3) is 0.478. The Morgan fingerprint density at radius 3 is 2.66 bits per heavy atom. The van der Waals surface area contributed by atoms with Crippen LogP contribution in [0, 0.1) is 0 Å². The van der Waals surface area contributed by atoms with Gasteiger partial charge in [0.05, 0.1) is 18.3 Å². The number of aliphatic hydroxyl groups excluding tert-OH is 1. The summed E-state index contributed by atoms with van der Waals surface area (Å²) >= 11 is 1.64. The molecule has 6 heteroatoms. The molecule has 0 radical (unpaired) electrons. The van der Waals surface area contributed by atoms with Crippen molar-refractivity contribution in [2.45, 2.75) is 64.5 Å². The van der Waals surface area contributed by atoms with Crippen molar-refractivity contribution in [2.75, 3.05) is 6.61 Å². The minimum atomic E-state index is -0.788. The second-order valence-corrected chi connectivity index (χ2v) is 9.92. The molecule has 0 aliphatic heterocycles. The first-order chi connectivity index (χ1) is 13.8. The van der Waals surface area contributed by atoms with Crippen molar-refractivity contribution in [2.24, 2.45) is 0 Å². The topological polar surface area (TPSA) is 64.3 Å². The maximum absolute atomic E-state index is 13.0. The van der Waals surface area contributed by atoms with Crippen LogP contribution in [0.1, 0.15) is 49.6 Å². The number of thiophene rings is 1. The summed E-state index contributed by atoms with van der Waals surface area (Å²) < 4.78 is 7.24. The summed E-state index contributed by atoms with van der Waals surface area (Å²) in [6, 6.07) is 7.93. The van der Waals surface area contributed by atoms with E-state index in [1.807, 2.05) is 24.3 Å². The molecule has 3 aromatic rings. The van der Waals surface area contributed by atoms with Crippen LogP contribution in [0.4, 0.5) is 0 Å². The Balaban J connectivity index is 1.44. The Bertz CT molecular complexity index is 1060. The molecule has 0 saturated heterocycles. The van der Waals surface area contributed by atoms with Gasteiger partial charge in [0.25, 0.3) is 5.56 Å². The molecular formula is C23H28N2O3S. The molecule has 1 aromatic carbocycles. The Morgan fingerprint density at radius 1 is 1.21 bits per heavy atom. The van der Waals surface area contributed by atoms with Gasteiger partial charge < -0.3 is 9.84 Å². The molecule has 2 heterocycles. The van der Waals surface area contributed by atoms with Crippen molar-refractivity contribution in [3.05, 3.63) is 57.0 Å². The molecule has 4 rings (SSSR count). The van der Waals surface area contributed by atoms with Crippen LogP contribution in [-0.2, 0) is 24.8 Å². The van der Waals surface area contributed by atoms with E-state index in [4.69, 9.17) is 4.74 Å². The average molecular weight is 413 g/mol. The van der Waals surface area contributed by atoms with E-state index >= 15 is 0 Å². The third kappa shape index (κ3) is 4.23. The van der Waals surface area contributed by atoms with Gasteiger partial charge in [-0.3, -0.25) is 9.36 Å². The Labute approximate surface area is 175 Å². The molecular weight excluding hydrogens is 384 g/mol. The number of hydrogen-bond donors (Lipinski definition) is 1. The van der Waals surface area contributed by atoms with Crippen molar-refractivity contribution in [3.63, 3.8) is 0 Å². The summed E-state index contributed by atoms with van der Waals surface area (Å²) in [5.74, 6) is 0.713. The van der Waals surface area contributed by atoms with Crippen molar-refractivity contribution < 1.29 is 9.84 Å². The average Bonchev–Trinajstić information content (AvgIpc) is 3.07. The van der Waals surface area contributed by atoms with Gasteiger partial charge in [-0.2, -0.15) is 0 Å². The second-order valence-electron chi connectivity index (χ2n) is 8.83. The summed E-state index contributed by atoms with van der Waals surface area (Å²) in [7, 11) is 0. The number of nitrogens with zero attached hydrogens (tertiary/aromatic N) is 2. The van der Waals surface area contributed by atoms with Crippen LogP contribution in [0.2, 0.25) is 0 Å². The Kier molecular flexibility index (Phi) is 5.49. The quantitative estimate of drug-likeness (QED) is 0.686. The van der Waals surface area contributed by atoms with Gasteiger partial charge in [0.2, 0.25) is 0 Å². The standard InChI is InChI=1S/C23H28N2O3S/c1-23(2,3)15-8-10-17(11-9-15)28-13-16(26)12-25-14-24-21-20(22(25)27)18-6-4-5-7-19(18)29-21/h8-11,14,16,26H,4-7,12-13H2,1-3H3. The molecule has 0 fully saturated rings. The van der Waals surface area contributed by atoms with Crippen molar-refractivity contribution in [1.82, 2.24) is 9.55 Å². The highest BCUT2D eigenvalue weighted by molar-refractivity contribution is 7.18. The van der Waals surface area contributed by atoms with Crippen LogP contribution >= 0.6 is 11.3 Å². The lowest BCUT2D eigenvalue weighted by molar-refractivity contribution is 0.0914. The van der Waals surface area contributed by atoms with E-state index in [9.17, 15) is 9.90 Å². The number of aliphatic hydroxyl groups is 1. The number of aryl methyl sites for hydroxylation is 2. The van der Waals surface area contributed by atoms with Crippen LogP contribution in [0.25, 0.3) is 10.2 Å². The maximum Gasteiger partial charge on any atom is 0.262 e. The number of aromatic nitrogens is 2. The van der Waals surface area contributed by atoms with Crippen LogP contribution in [-0.4, -0.2) is 27.4 Å². The molecule has 2 aromatic heterocycles. The molecule has 0 saturated carbocycles. The van der Waals surface area contributed by atoms with Gasteiger partial charge in [-0.05, 0) is 54.4 Å². The molecule has 0 amide bonds. The molecule has 5 nitrogen and oxygen atoms in total. The van der Waals surface area contributed by atoms with Crippen LogP contribution < -0.4 is 10.3 Å². The van der Waals surface area contributed by atoms with E-state index in [0.717, 1.165) is 29.5 Å². The zero-order valence-electron chi connectivity index (χ0n) is 17.3. The molecule has 1 aliphatic rings. The first-order valence-electron chi connectivity index (χ1n) is 10.2. The smallest absolute Gasteiger partial charge is 0.262 e. The number of hydrogen-bond acceptors (Lipinski definition) is 5. The molecule has 1 unspecified atom stereocenters. The van der Waals surface area contributed by atoms with Gasteiger partial charge in [-0.25, -0.2) is 4.98 Å². The first-order valence-corrected chi connectivity index (χ1v) is 11.1. The van der Waals surface area contributed by atoms with Gasteiger partial charge in [0.15, 0.2) is 0 Å². The third-order valence-corrected chi connectivity index (χ3v) is 6.71. The Hall–Kier alpha value is -2.18. The van der Waals surface area contributed by atoms with E-state index in [2.05, 4.69) is 25.8 Å². The van der Waals surface area contributed by atoms with Gasteiger partial charge in [-0.1, -0.05) is 32.9 Å². The molecule has 0 bridgehead atoms. The van der Waals surface area contributed by atoms with E-state index in [1.165, 1.54) is 27.0 Å². The minimum absolute atomic E-state index is 0.0528. The number of rotatable bonds is 5. The summed E-state index contributed by atoms with van der Waals surface area (Å²) in [4.78, 5) is 19.6. The second kappa shape index (κ2) is 7.92. The van der Waals surface area contributed by atoms with E-state index in [0.29, 0.717) is 5.75 Å². The summed E-state index contributed by atoms with van der Waals surface area (Å²) in [6.45, 7) is 6.80. The third-order valence-electron chi connectivity index (χ3n) is 5.51. The predicted octanol–water partition coefficient (Wildman–Crippen LogP) is 4.07. The van der Waals surface area contributed by atoms with Crippen LogP contribution in [0.3, 0.4) is 0 Å². The fourth-order valence-corrected chi connectivity index (χ4v) is 5.05. The maximum atomic E-state index is 13.0. The number of benzene rings is 1. The lowest BCUT2D eigenvalue weighted by Crippen LogP contribution is -2.30. The van der Waals surface area contributed by atoms with Crippen LogP contribution in [0.15, 0.2) is 35.4 Å². The highest BCUT2D eigenvalue weighted by Crippen LogP contribution is 2.33. The molecule has 154 valence electrons. The van der Waals surface area contributed by atoms with Crippen molar-refractivity contribution in [1.29, 1.82) is 0 Å². The van der Waals surface area contributed by atoms with Gasteiger partial charge in [0.1, 0.15) is 23.3 Å². The normalized spacial score (nSPS) is 15.3. The predicted molar refractivity (Wildman–Crippen MR) is 117 cm³/mol. The van der Waals surface area contributed by atoms with Gasteiger partial charge in [0, 0.05) is 4.88 Å². The Morgan fingerprint density at radius 2 is 1.93 bits per heavy atom. The highest BCUT2D eigenvalue weighted by atomic mass is 32.1. The zero-order chi connectivity index (χ0) is 20.6. The first kappa shape index (κ1) is 20.1. The van der Waals surface area contributed by atoms with E-state index in [1.54, 1.807) is 17.7 Å². The molecule has 0 spiro atoms. The number of fused-ring (bicyclic) bond motifs is 3. The monoisotopic (exact) mass is 412 g/mol. The largest absolute Gasteiger partial charge is 0.491 e. The van der Waals surface area contributed by atoms with Gasteiger partial charge >= 0.3 is 0 Å². The minimum Gasteiger partial charge on any atom is -0.491 e. The molecule has 1 aliphatic carbocycles. The van der Waals surface area contributed by atoms with Gasteiger partial charge in [-0.15, -0.1) is 11.3 Å². The molecule has 1 atom stereocenters. The fourth-order valence-electron chi connectivity index (χ4n) is 3.83. The van der Waals surface area contributed by atoms with Crippen molar-refractivity contribution in [3.8, 4) is 5.75 Å². The molecule has 1 N–H and O–H groups in total. The number of ether oxygens (including phenoxy) is 1. The summed E-state index contributed by atoms with van der Waals surface area (Å²) in [5, 5.41) is 11.2. The van der Waals surface area contributed by atoms with Crippen LogP contribution in [0.5, 0.6) is 5.75 Å². The lowest BCUT2D eigenvalue weighted by Gasteiger charge is -2.19. The van der Waals surface area contributed by atoms with E-state index in [-0.39, 0.29) is 24.1 Å². The zero-order valence-corrected chi connectivity index (χ0v) is 18.1. The summed E-state index contributed by atoms with van der Waals surface area (Å²) in [5.41, 5.74) is 2.44. The SMILES string of the molecule is CC(C)(C)c1ccc(OCC(O)Cn2cnc3sc4c(c3c2=O)CCCC4)cc1.